The normalized spacial score (nSPS) is 10.2. The van der Waals surface area contributed by atoms with E-state index >= 15 is 0 Å². The van der Waals surface area contributed by atoms with Crippen molar-refractivity contribution in [2.75, 3.05) is 13.2 Å². The molecule has 0 unspecified atom stereocenters. The number of nitrogens with two attached hydrogens (primary N) is 1. The summed E-state index contributed by atoms with van der Waals surface area (Å²) in [6.45, 7) is 1.85. The Hall–Kier alpha value is -1.30. The van der Waals surface area contributed by atoms with Crippen molar-refractivity contribution in [3.8, 4) is 12.3 Å². The molecular formula is C16H23NO. The van der Waals surface area contributed by atoms with E-state index in [0.29, 0.717) is 13.2 Å². The van der Waals surface area contributed by atoms with Crippen LogP contribution in [0.5, 0.6) is 0 Å². The highest BCUT2D eigenvalue weighted by molar-refractivity contribution is 5.26. The van der Waals surface area contributed by atoms with Gasteiger partial charge in [-0.1, -0.05) is 43.0 Å². The van der Waals surface area contributed by atoms with Crippen LogP contribution >= 0.6 is 0 Å². The first kappa shape index (κ1) is 14.8. The van der Waals surface area contributed by atoms with E-state index < -0.39 is 0 Å². The highest BCUT2D eigenvalue weighted by atomic mass is 16.5. The van der Waals surface area contributed by atoms with Crippen LogP contribution in [0.25, 0.3) is 0 Å². The average Bonchev–Trinajstić information content (AvgIpc) is 2.42. The highest BCUT2D eigenvalue weighted by Gasteiger charge is 1.99. The van der Waals surface area contributed by atoms with Crippen LogP contribution in [0.15, 0.2) is 24.3 Å². The third kappa shape index (κ3) is 5.86. The Balaban J connectivity index is 2.09. The lowest BCUT2D eigenvalue weighted by molar-refractivity contribution is 0.162. The molecule has 1 aromatic carbocycles. The molecule has 1 aromatic rings. The van der Waals surface area contributed by atoms with Crippen LogP contribution in [-0.2, 0) is 17.7 Å². The summed E-state index contributed by atoms with van der Waals surface area (Å²) in [7, 11) is 0. The van der Waals surface area contributed by atoms with Crippen LogP contribution < -0.4 is 5.73 Å². The predicted octanol–water partition coefficient (Wildman–Crippen LogP) is 2.90. The molecule has 0 bridgehead atoms. The topological polar surface area (TPSA) is 35.2 Å². The molecule has 0 aliphatic carbocycles. The van der Waals surface area contributed by atoms with Crippen LogP contribution in [0, 0.1) is 12.3 Å². The number of aryl methyl sites for hydroxylation is 1. The monoisotopic (exact) mass is 245 g/mol. The Morgan fingerprint density at radius 2 is 1.78 bits per heavy atom. The second-order valence-corrected chi connectivity index (χ2v) is 4.39. The van der Waals surface area contributed by atoms with Gasteiger partial charge in [0.25, 0.3) is 0 Å². The van der Waals surface area contributed by atoms with Crippen molar-refractivity contribution in [1.29, 1.82) is 0 Å². The number of terminal acetylenes is 1. The van der Waals surface area contributed by atoms with Crippen molar-refractivity contribution in [3.05, 3.63) is 35.4 Å². The minimum atomic E-state index is 0.434. The summed E-state index contributed by atoms with van der Waals surface area (Å²) in [6.07, 6.45) is 11.0. The number of hydrogen-bond donors (Lipinski definition) is 1. The molecule has 18 heavy (non-hydrogen) atoms. The first-order chi connectivity index (χ1) is 8.88. The van der Waals surface area contributed by atoms with Crippen LogP contribution in [0.3, 0.4) is 0 Å². The highest BCUT2D eigenvalue weighted by Crippen LogP contribution is 2.12. The van der Waals surface area contributed by atoms with Gasteiger partial charge in [0.15, 0.2) is 0 Å². The van der Waals surface area contributed by atoms with Gasteiger partial charge in [-0.15, -0.1) is 6.42 Å². The standard InChI is InChI=1S/C16H23NO/c1-2-12-18-13-8-4-3-5-9-15-10-6-7-11-16(15)14-17/h1,6-7,10-11H,3-5,8-9,12-14,17H2. The summed E-state index contributed by atoms with van der Waals surface area (Å²) in [5, 5.41) is 0. The maximum Gasteiger partial charge on any atom is 0.107 e. The second kappa shape index (κ2) is 9.70. The Kier molecular flexibility index (Phi) is 7.96. The molecule has 0 aliphatic heterocycles. The quantitative estimate of drug-likeness (QED) is 0.536. The summed E-state index contributed by atoms with van der Waals surface area (Å²) in [4.78, 5) is 0. The summed E-state index contributed by atoms with van der Waals surface area (Å²) < 4.78 is 5.23. The van der Waals surface area contributed by atoms with Gasteiger partial charge >= 0.3 is 0 Å². The minimum Gasteiger partial charge on any atom is -0.369 e. The van der Waals surface area contributed by atoms with E-state index in [2.05, 4.69) is 30.2 Å². The number of unbranched alkanes of at least 4 members (excludes halogenated alkanes) is 3. The van der Waals surface area contributed by atoms with Crippen molar-refractivity contribution < 1.29 is 4.74 Å². The molecule has 0 heterocycles. The van der Waals surface area contributed by atoms with E-state index in [0.717, 1.165) is 19.4 Å². The fraction of sp³-hybridized carbons (Fsp3) is 0.500. The molecule has 0 aliphatic rings. The molecule has 0 atom stereocenters. The summed E-state index contributed by atoms with van der Waals surface area (Å²) >= 11 is 0. The van der Waals surface area contributed by atoms with Gasteiger partial charge in [-0.25, -0.2) is 0 Å². The smallest absolute Gasteiger partial charge is 0.107 e. The zero-order valence-electron chi connectivity index (χ0n) is 11.0. The maximum atomic E-state index is 5.72. The van der Waals surface area contributed by atoms with E-state index in [1.807, 2.05) is 0 Å². The molecule has 2 heteroatoms. The van der Waals surface area contributed by atoms with Crippen molar-refractivity contribution in [1.82, 2.24) is 0 Å². The van der Waals surface area contributed by atoms with Crippen LogP contribution in [0.4, 0.5) is 0 Å². The predicted molar refractivity (Wildman–Crippen MR) is 76.2 cm³/mol. The van der Waals surface area contributed by atoms with Gasteiger partial charge in [-0.2, -0.15) is 0 Å². The average molecular weight is 245 g/mol. The maximum absolute atomic E-state index is 5.72. The van der Waals surface area contributed by atoms with E-state index in [-0.39, 0.29) is 0 Å². The first-order valence-corrected chi connectivity index (χ1v) is 6.66. The lowest BCUT2D eigenvalue weighted by Crippen LogP contribution is -2.01. The van der Waals surface area contributed by atoms with E-state index in [4.69, 9.17) is 16.9 Å². The molecule has 0 fully saturated rings. The zero-order chi connectivity index (χ0) is 13.1. The van der Waals surface area contributed by atoms with Gasteiger partial charge in [0.05, 0.1) is 0 Å². The van der Waals surface area contributed by atoms with Gasteiger partial charge in [0.1, 0.15) is 6.61 Å². The Morgan fingerprint density at radius 1 is 1.06 bits per heavy atom. The van der Waals surface area contributed by atoms with Gasteiger partial charge in [0, 0.05) is 13.2 Å². The molecule has 2 N–H and O–H groups in total. The Labute approximate surface area is 111 Å². The molecule has 0 aromatic heterocycles. The molecule has 0 saturated heterocycles. The van der Waals surface area contributed by atoms with E-state index in [1.165, 1.54) is 30.4 Å². The van der Waals surface area contributed by atoms with Gasteiger partial charge < -0.3 is 10.5 Å². The van der Waals surface area contributed by atoms with Crippen LogP contribution in [-0.4, -0.2) is 13.2 Å². The Morgan fingerprint density at radius 3 is 2.50 bits per heavy atom. The fourth-order valence-corrected chi connectivity index (χ4v) is 2.00. The lowest BCUT2D eigenvalue weighted by atomic mass is 10.0. The molecule has 0 saturated carbocycles. The van der Waals surface area contributed by atoms with E-state index in [9.17, 15) is 0 Å². The first-order valence-electron chi connectivity index (χ1n) is 6.66. The number of benzene rings is 1. The van der Waals surface area contributed by atoms with Gasteiger partial charge in [-0.05, 0) is 30.4 Å². The van der Waals surface area contributed by atoms with Gasteiger partial charge in [0.2, 0.25) is 0 Å². The van der Waals surface area contributed by atoms with Gasteiger partial charge in [-0.3, -0.25) is 0 Å². The van der Waals surface area contributed by atoms with Crippen LogP contribution in [0.2, 0.25) is 0 Å². The largest absolute Gasteiger partial charge is 0.369 e. The van der Waals surface area contributed by atoms with E-state index in [1.54, 1.807) is 0 Å². The Bertz CT molecular complexity index is 368. The molecular weight excluding hydrogens is 222 g/mol. The number of ether oxygens (including phenoxy) is 1. The molecule has 2 nitrogen and oxygen atoms in total. The number of hydrogen-bond acceptors (Lipinski definition) is 2. The van der Waals surface area contributed by atoms with Crippen LogP contribution in [0.1, 0.15) is 36.8 Å². The van der Waals surface area contributed by atoms with Crippen molar-refractivity contribution in [2.24, 2.45) is 5.73 Å². The SMILES string of the molecule is C#CCOCCCCCCc1ccccc1CN. The summed E-state index contributed by atoms with van der Waals surface area (Å²) in [5.74, 6) is 2.47. The molecule has 0 radical (unpaired) electrons. The summed E-state index contributed by atoms with van der Waals surface area (Å²) in [5.41, 5.74) is 8.38. The molecule has 98 valence electrons. The summed E-state index contributed by atoms with van der Waals surface area (Å²) in [6, 6.07) is 8.43. The zero-order valence-corrected chi connectivity index (χ0v) is 11.0. The lowest BCUT2D eigenvalue weighted by Gasteiger charge is -2.07. The fourth-order valence-electron chi connectivity index (χ4n) is 2.00. The third-order valence-corrected chi connectivity index (χ3v) is 3.01. The molecule has 0 spiro atoms. The number of rotatable bonds is 9. The molecule has 0 amide bonds. The van der Waals surface area contributed by atoms with Crippen molar-refractivity contribution >= 4 is 0 Å². The third-order valence-electron chi connectivity index (χ3n) is 3.01. The van der Waals surface area contributed by atoms with Crippen molar-refractivity contribution in [3.63, 3.8) is 0 Å². The minimum absolute atomic E-state index is 0.434. The molecule has 1 rings (SSSR count). The second-order valence-electron chi connectivity index (χ2n) is 4.39. The van der Waals surface area contributed by atoms with Crippen molar-refractivity contribution in [2.45, 2.75) is 38.6 Å².